The highest BCUT2D eigenvalue weighted by atomic mass is 16.5. The number of hydrogen-bond donors (Lipinski definition) is 2. The summed E-state index contributed by atoms with van der Waals surface area (Å²) in [6.07, 6.45) is 2.82. The Bertz CT molecular complexity index is 1000. The molecule has 1 aromatic carbocycles. The lowest BCUT2D eigenvalue weighted by Gasteiger charge is -2.40. The third kappa shape index (κ3) is 3.85. The molecule has 0 bridgehead atoms. The van der Waals surface area contributed by atoms with Crippen LogP contribution in [0, 0.1) is 0 Å². The van der Waals surface area contributed by atoms with Crippen LogP contribution >= 0.6 is 0 Å². The minimum Gasteiger partial charge on any atom is -0.497 e. The van der Waals surface area contributed by atoms with Gasteiger partial charge in [-0.15, -0.1) is 0 Å². The van der Waals surface area contributed by atoms with E-state index < -0.39 is 0 Å². The number of aldehydes is 1. The first-order chi connectivity index (χ1) is 14.1. The predicted molar refractivity (Wildman–Crippen MR) is 117 cm³/mol. The zero-order valence-electron chi connectivity index (χ0n) is 17.1. The normalized spacial score (nSPS) is 17.0. The Kier molecular flexibility index (Phi) is 5.29. The van der Waals surface area contributed by atoms with E-state index in [1.165, 1.54) is 0 Å². The van der Waals surface area contributed by atoms with Gasteiger partial charge in [-0.3, -0.25) is 0 Å². The summed E-state index contributed by atoms with van der Waals surface area (Å²) >= 11 is 0. The number of H-pyrrole nitrogens is 1. The van der Waals surface area contributed by atoms with Crippen LogP contribution < -0.4 is 19.9 Å². The molecule has 152 valence electrons. The van der Waals surface area contributed by atoms with E-state index in [1.807, 2.05) is 30.3 Å². The van der Waals surface area contributed by atoms with Crippen molar-refractivity contribution in [2.75, 3.05) is 41.9 Å². The lowest BCUT2D eigenvalue weighted by molar-refractivity contribution is -0.109. The SMILES string of the molecule is COc1ccc2[nH]c(N3CCN(c4ncccc4NC(C)C)CC3C=O)cc2c1. The summed E-state index contributed by atoms with van der Waals surface area (Å²) in [5.74, 6) is 2.67. The van der Waals surface area contributed by atoms with E-state index in [-0.39, 0.29) is 6.04 Å². The van der Waals surface area contributed by atoms with Gasteiger partial charge in [-0.1, -0.05) is 0 Å². The molecule has 0 aliphatic carbocycles. The van der Waals surface area contributed by atoms with Crippen LogP contribution in [0.3, 0.4) is 0 Å². The monoisotopic (exact) mass is 393 g/mol. The zero-order valence-corrected chi connectivity index (χ0v) is 17.1. The number of pyridine rings is 1. The summed E-state index contributed by atoms with van der Waals surface area (Å²) in [6.45, 7) is 6.31. The number of benzene rings is 1. The van der Waals surface area contributed by atoms with E-state index in [2.05, 4.69) is 45.0 Å². The van der Waals surface area contributed by atoms with E-state index in [0.29, 0.717) is 12.6 Å². The van der Waals surface area contributed by atoms with E-state index in [0.717, 1.165) is 53.4 Å². The Morgan fingerprint density at radius 3 is 2.90 bits per heavy atom. The van der Waals surface area contributed by atoms with Crippen LogP contribution in [0.25, 0.3) is 10.9 Å². The molecule has 1 saturated heterocycles. The van der Waals surface area contributed by atoms with Gasteiger partial charge in [0.25, 0.3) is 0 Å². The second-order valence-corrected chi connectivity index (χ2v) is 7.62. The van der Waals surface area contributed by atoms with Gasteiger partial charge in [0, 0.05) is 42.8 Å². The van der Waals surface area contributed by atoms with Crippen LogP contribution in [0.5, 0.6) is 5.75 Å². The van der Waals surface area contributed by atoms with Crippen molar-refractivity contribution in [3.63, 3.8) is 0 Å². The first-order valence-electron chi connectivity index (χ1n) is 9.94. The molecular formula is C22H27N5O2. The molecule has 7 nitrogen and oxygen atoms in total. The lowest BCUT2D eigenvalue weighted by atomic mass is 10.1. The fourth-order valence-corrected chi connectivity index (χ4v) is 3.87. The van der Waals surface area contributed by atoms with Crippen LogP contribution in [-0.4, -0.2) is 55.1 Å². The number of methoxy groups -OCH3 is 1. The standard InChI is InChI=1S/C22H27N5O2/c1-15(2)24-20-5-4-8-23-22(20)26-9-10-27(17(13-26)14-28)21-12-16-11-18(29-3)6-7-19(16)25-21/h4-8,11-12,14-15,17,24-25H,9-10,13H2,1-3H3. The van der Waals surface area contributed by atoms with Crippen molar-refractivity contribution >= 4 is 34.5 Å². The number of fused-ring (bicyclic) bond motifs is 1. The number of piperazine rings is 1. The van der Waals surface area contributed by atoms with Gasteiger partial charge >= 0.3 is 0 Å². The molecule has 3 heterocycles. The Morgan fingerprint density at radius 1 is 1.28 bits per heavy atom. The molecule has 29 heavy (non-hydrogen) atoms. The maximum absolute atomic E-state index is 12.0. The lowest BCUT2D eigenvalue weighted by Crippen LogP contribution is -2.54. The molecule has 1 aliphatic heterocycles. The number of nitrogens with one attached hydrogen (secondary N) is 2. The zero-order chi connectivity index (χ0) is 20.4. The van der Waals surface area contributed by atoms with Gasteiger partial charge in [-0.05, 0) is 50.2 Å². The molecule has 3 aromatic rings. The molecule has 0 amide bonds. The number of ether oxygens (including phenoxy) is 1. The number of anilines is 3. The molecule has 1 fully saturated rings. The fraction of sp³-hybridized carbons (Fsp3) is 0.364. The Morgan fingerprint density at radius 2 is 2.14 bits per heavy atom. The van der Waals surface area contributed by atoms with Gasteiger partial charge in [0.15, 0.2) is 5.82 Å². The van der Waals surface area contributed by atoms with E-state index in [1.54, 1.807) is 13.3 Å². The number of rotatable bonds is 6. The van der Waals surface area contributed by atoms with Gasteiger partial charge in [-0.25, -0.2) is 4.98 Å². The van der Waals surface area contributed by atoms with Crippen LogP contribution in [0.1, 0.15) is 13.8 Å². The highest BCUT2D eigenvalue weighted by Crippen LogP contribution is 2.30. The topological polar surface area (TPSA) is 73.5 Å². The molecule has 1 atom stereocenters. The van der Waals surface area contributed by atoms with Gasteiger partial charge in [0.2, 0.25) is 0 Å². The summed E-state index contributed by atoms with van der Waals surface area (Å²) in [4.78, 5) is 24.3. The fourth-order valence-electron chi connectivity index (χ4n) is 3.87. The smallest absolute Gasteiger partial charge is 0.152 e. The van der Waals surface area contributed by atoms with Crippen molar-refractivity contribution in [2.45, 2.75) is 25.9 Å². The first kappa shape index (κ1) is 19.1. The van der Waals surface area contributed by atoms with Crippen LogP contribution in [0.15, 0.2) is 42.6 Å². The van der Waals surface area contributed by atoms with Gasteiger partial charge in [0.05, 0.1) is 12.8 Å². The highest BCUT2D eigenvalue weighted by Gasteiger charge is 2.29. The number of carbonyl (C=O) groups excluding carboxylic acids is 1. The number of carbonyl (C=O) groups is 1. The third-order valence-electron chi connectivity index (χ3n) is 5.23. The molecule has 0 radical (unpaired) electrons. The maximum Gasteiger partial charge on any atom is 0.152 e. The van der Waals surface area contributed by atoms with E-state index in [9.17, 15) is 4.79 Å². The second-order valence-electron chi connectivity index (χ2n) is 7.62. The number of nitrogens with zero attached hydrogens (tertiary/aromatic N) is 3. The van der Waals surface area contributed by atoms with Crippen molar-refractivity contribution in [1.82, 2.24) is 9.97 Å². The van der Waals surface area contributed by atoms with Crippen molar-refractivity contribution in [1.29, 1.82) is 0 Å². The predicted octanol–water partition coefficient (Wildman–Crippen LogP) is 3.29. The summed E-state index contributed by atoms with van der Waals surface area (Å²) in [6, 6.07) is 12.0. The second kappa shape index (κ2) is 8.03. The van der Waals surface area contributed by atoms with Crippen molar-refractivity contribution in [3.8, 4) is 5.75 Å². The average molecular weight is 393 g/mol. The average Bonchev–Trinajstić information content (AvgIpc) is 3.16. The molecule has 0 saturated carbocycles. The quantitative estimate of drug-likeness (QED) is 0.626. The number of hydrogen-bond acceptors (Lipinski definition) is 6. The summed E-state index contributed by atoms with van der Waals surface area (Å²) in [7, 11) is 1.66. The van der Waals surface area contributed by atoms with E-state index in [4.69, 9.17) is 4.74 Å². The van der Waals surface area contributed by atoms with Crippen LogP contribution in [0.2, 0.25) is 0 Å². The molecule has 2 aromatic heterocycles. The van der Waals surface area contributed by atoms with Crippen molar-refractivity contribution < 1.29 is 9.53 Å². The molecule has 1 unspecified atom stereocenters. The van der Waals surface area contributed by atoms with Gasteiger partial charge in [0.1, 0.15) is 23.9 Å². The molecule has 1 aliphatic rings. The highest BCUT2D eigenvalue weighted by molar-refractivity contribution is 5.86. The van der Waals surface area contributed by atoms with Crippen molar-refractivity contribution in [2.24, 2.45) is 0 Å². The van der Waals surface area contributed by atoms with Crippen LogP contribution in [-0.2, 0) is 4.79 Å². The summed E-state index contributed by atoms with van der Waals surface area (Å²) in [5.41, 5.74) is 2.03. The molecule has 4 rings (SSSR count). The third-order valence-corrected chi connectivity index (χ3v) is 5.23. The Hall–Kier alpha value is -3.22. The summed E-state index contributed by atoms with van der Waals surface area (Å²) in [5, 5.41) is 4.52. The van der Waals surface area contributed by atoms with Gasteiger partial charge < -0.3 is 29.6 Å². The molecular weight excluding hydrogens is 366 g/mol. The maximum atomic E-state index is 12.0. The number of aromatic amines is 1. The minimum absolute atomic E-state index is 0.257. The largest absolute Gasteiger partial charge is 0.497 e. The molecule has 7 heteroatoms. The van der Waals surface area contributed by atoms with Crippen molar-refractivity contribution in [3.05, 3.63) is 42.6 Å². The van der Waals surface area contributed by atoms with Crippen LogP contribution in [0.4, 0.5) is 17.3 Å². The number of aromatic nitrogens is 2. The summed E-state index contributed by atoms with van der Waals surface area (Å²) < 4.78 is 5.32. The molecule has 2 N–H and O–H groups in total. The Labute approximate surface area is 170 Å². The Balaban J connectivity index is 1.57. The minimum atomic E-state index is -0.257. The van der Waals surface area contributed by atoms with Gasteiger partial charge in [-0.2, -0.15) is 0 Å². The first-order valence-corrected chi connectivity index (χ1v) is 9.94. The van der Waals surface area contributed by atoms with E-state index >= 15 is 0 Å². The molecule has 0 spiro atoms.